The van der Waals surface area contributed by atoms with Crippen molar-refractivity contribution < 1.29 is 18.0 Å². The SMILES string of the molecule is Cn1cc(C(F)(F)F)nc1C1CCCN(C(=O)c2cnccn2)C1. The van der Waals surface area contributed by atoms with Crippen LogP contribution in [0.5, 0.6) is 0 Å². The van der Waals surface area contributed by atoms with Crippen molar-refractivity contribution in [2.45, 2.75) is 24.9 Å². The van der Waals surface area contributed by atoms with Gasteiger partial charge in [-0.1, -0.05) is 0 Å². The van der Waals surface area contributed by atoms with Gasteiger partial charge in [0.15, 0.2) is 5.69 Å². The van der Waals surface area contributed by atoms with Crippen molar-refractivity contribution in [3.63, 3.8) is 0 Å². The van der Waals surface area contributed by atoms with Gasteiger partial charge in [0.25, 0.3) is 5.91 Å². The molecule has 0 aliphatic carbocycles. The van der Waals surface area contributed by atoms with Crippen molar-refractivity contribution in [3.05, 3.63) is 42.0 Å². The van der Waals surface area contributed by atoms with Gasteiger partial charge in [0.1, 0.15) is 11.5 Å². The molecule has 128 valence electrons. The number of amides is 1. The predicted octanol–water partition coefficient (Wildman–Crippen LogP) is 2.25. The average Bonchev–Trinajstić information content (AvgIpc) is 2.97. The first-order chi connectivity index (χ1) is 11.4. The zero-order chi connectivity index (χ0) is 17.3. The fourth-order valence-corrected chi connectivity index (χ4v) is 2.94. The van der Waals surface area contributed by atoms with E-state index in [0.29, 0.717) is 31.8 Å². The summed E-state index contributed by atoms with van der Waals surface area (Å²) in [5, 5.41) is 0. The molecule has 0 saturated carbocycles. The first-order valence-electron chi connectivity index (χ1n) is 7.52. The number of imidazole rings is 1. The Balaban J connectivity index is 1.79. The average molecular weight is 339 g/mol. The Morgan fingerprint density at radius 2 is 2.12 bits per heavy atom. The van der Waals surface area contributed by atoms with Gasteiger partial charge in [-0.05, 0) is 12.8 Å². The Hall–Kier alpha value is -2.45. The Morgan fingerprint density at radius 3 is 2.75 bits per heavy atom. The third-order valence-corrected chi connectivity index (χ3v) is 4.06. The number of piperidine rings is 1. The maximum atomic E-state index is 12.8. The van der Waals surface area contributed by atoms with E-state index in [9.17, 15) is 18.0 Å². The van der Waals surface area contributed by atoms with Crippen LogP contribution in [0.4, 0.5) is 13.2 Å². The van der Waals surface area contributed by atoms with Crippen molar-refractivity contribution in [1.29, 1.82) is 0 Å². The molecular weight excluding hydrogens is 323 g/mol. The molecule has 1 unspecified atom stereocenters. The second kappa shape index (κ2) is 6.21. The van der Waals surface area contributed by atoms with Crippen molar-refractivity contribution in [3.8, 4) is 0 Å². The number of aryl methyl sites for hydroxylation is 1. The Kier molecular flexibility index (Phi) is 4.25. The number of nitrogens with zero attached hydrogens (tertiary/aromatic N) is 5. The fourth-order valence-electron chi connectivity index (χ4n) is 2.94. The van der Waals surface area contributed by atoms with Crippen LogP contribution in [0.25, 0.3) is 0 Å². The zero-order valence-corrected chi connectivity index (χ0v) is 13.0. The van der Waals surface area contributed by atoms with Crippen molar-refractivity contribution in [2.75, 3.05) is 13.1 Å². The number of alkyl halides is 3. The summed E-state index contributed by atoms with van der Waals surface area (Å²) in [6, 6.07) is 0. The minimum absolute atomic E-state index is 0.231. The van der Waals surface area contributed by atoms with E-state index in [1.807, 2.05) is 0 Å². The highest BCUT2D eigenvalue weighted by Crippen LogP contribution is 2.32. The summed E-state index contributed by atoms with van der Waals surface area (Å²) in [5.41, 5.74) is -0.675. The van der Waals surface area contributed by atoms with Gasteiger partial charge in [-0.15, -0.1) is 0 Å². The van der Waals surface area contributed by atoms with Gasteiger partial charge in [-0.2, -0.15) is 13.2 Å². The number of hydrogen-bond acceptors (Lipinski definition) is 4. The topological polar surface area (TPSA) is 63.9 Å². The molecule has 2 aromatic rings. The Bertz CT molecular complexity index is 728. The van der Waals surface area contributed by atoms with Crippen LogP contribution in [0, 0.1) is 0 Å². The van der Waals surface area contributed by atoms with Crippen molar-refractivity contribution >= 4 is 5.91 Å². The molecule has 24 heavy (non-hydrogen) atoms. The van der Waals surface area contributed by atoms with Crippen molar-refractivity contribution in [2.24, 2.45) is 7.05 Å². The summed E-state index contributed by atoms with van der Waals surface area (Å²) >= 11 is 0. The van der Waals surface area contributed by atoms with E-state index in [1.165, 1.54) is 23.2 Å². The van der Waals surface area contributed by atoms with Crippen LogP contribution >= 0.6 is 0 Å². The Morgan fingerprint density at radius 1 is 1.33 bits per heavy atom. The molecule has 3 rings (SSSR count). The van der Waals surface area contributed by atoms with Crippen LogP contribution in [0.2, 0.25) is 0 Å². The van der Waals surface area contributed by atoms with Crippen molar-refractivity contribution in [1.82, 2.24) is 24.4 Å². The highest BCUT2D eigenvalue weighted by atomic mass is 19.4. The number of rotatable bonds is 2. The molecule has 3 heterocycles. The molecular formula is C15H16F3N5O. The molecule has 0 aromatic carbocycles. The third kappa shape index (κ3) is 3.24. The maximum Gasteiger partial charge on any atom is 0.434 e. The minimum atomic E-state index is -4.47. The molecule has 0 bridgehead atoms. The zero-order valence-electron chi connectivity index (χ0n) is 13.0. The smallest absolute Gasteiger partial charge is 0.337 e. The lowest BCUT2D eigenvalue weighted by molar-refractivity contribution is -0.141. The third-order valence-electron chi connectivity index (χ3n) is 4.06. The summed E-state index contributed by atoms with van der Waals surface area (Å²) < 4.78 is 39.8. The number of halogens is 3. The molecule has 0 N–H and O–H groups in total. The molecule has 0 spiro atoms. The normalized spacial score (nSPS) is 18.7. The first-order valence-corrected chi connectivity index (χ1v) is 7.52. The van der Waals surface area contributed by atoms with E-state index in [-0.39, 0.29) is 17.5 Å². The van der Waals surface area contributed by atoms with Gasteiger partial charge in [0.05, 0.1) is 6.20 Å². The standard InChI is InChI=1S/C15H16F3N5O/c1-22-9-12(15(16,17)18)21-13(22)10-3-2-6-23(8-10)14(24)11-7-19-4-5-20-11/h4-5,7,9-10H,2-3,6,8H2,1H3. The highest BCUT2D eigenvalue weighted by molar-refractivity contribution is 5.92. The molecule has 1 saturated heterocycles. The van der Waals surface area contributed by atoms with Crippen LogP contribution < -0.4 is 0 Å². The van der Waals surface area contributed by atoms with Crippen LogP contribution in [-0.2, 0) is 13.2 Å². The van der Waals surface area contributed by atoms with Crippen LogP contribution in [0.15, 0.2) is 24.8 Å². The highest BCUT2D eigenvalue weighted by Gasteiger charge is 2.36. The summed E-state index contributed by atoms with van der Waals surface area (Å²) in [5.74, 6) is -0.155. The molecule has 6 nitrogen and oxygen atoms in total. The van der Waals surface area contributed by atoms with Crippen LogP contribution in [0.3, 0.4) is 0 Å². The second-order valence-corrected chi connectivity index (χ2v) is 5.77. The summed E-state index contributed by atoms with van der Waals surface area (Å²) in [6.45, 7) is 0.861. The molecule has 2 aromatic heterocycles. The van der Waals surface area contributed by atoms with E-state index in [0.717, 1.165) is 6.20 Å². The van der Waals surface area contributed by atoms with Crippen LogP contribution in [-0.4, -0.2) is 43.4 Å². The van der Waals surface area contributed by atoms with Gasteiger partial charge >= 0.3 is 6.18 Å². The number of likely N-dealkylation sites (tertiary alicyclic amines) is 1. The van der Waals surface area contributed by atoms with Crippen LogP contribution in [0.1, 0.15) is 40.8 Å². The lowest BCUT2D eigenvalue weighted by atomic mass is 9.97. The maximum absolute atomic E-state index is 12.8. The van der Waals surface area contributed by atoms with E-state index < -0.39 is 11.9 Å². The van der Waals surface area contributed by atoms with E-state index in [1.54, 1.807) is 11.9 Å². The van der Waals surface area contributed by atoms with Gasteiger partial charge in [0.2, 0.25) is 0 Å². The largest absolute Gasteiger partial charge is 0.434 e. The minimum Gasteiger partial charge on any atom is -0.337 e. The predicted molar refractivity (Wildman–Crippen MR) is 78.1 cm³/mol. The molecule has 1 aliphatic rings. The number of aromatic nitrogens is 4. The van der Waals surface area contributed by atoms with Gasteiger partial charge in [-0.25, -0.2) is 9.97 Å². The Labute approximate surface area is 136 Å². The quantitative estimate of drug-likeness (QED) is 0.842. The molecule has 1 fully saturated rings. The van der Waals surface area contributed by atoms with E-state index in [4.69, 9.17) is 0 Å². The summed E-state index contributed by atoms with van der Waals surface area (Å²) in [7, 11) is 1.54. The number of carbonyl (C=O) groups excluding carboxylic acids is 1. The lowest BCUT2D eigenvalue weighted by Crippen LogP contribution is -2.40. The molecule has 1 atom stereocenters. The number of carbonyl (C=O) groups is 1. The monoisotopic (exact) mass is 339 g/mol. The molecule has 0 radical (unpaired) electrons. The van der Waals surface area contributed by atoms with E-state index >= 15 is 0 Å². The van der Waals surface area contributed by atoms with Gasteiger partial charge < -0.3 is 9.47 Å². The second-order valence-electron chi connectivity index (χ2n) is 5.77. The molecule has 1 amide bonds. The van der Waals surface area contributed by atoms with Gasteiger partial charge in [0, 0.05) is 44.6 Å². The number of hydrogen-bond donors (Lipinski definition) is 0. The summed E-state index contributed by atoms with van der Waals surface area (Å²) in [6.07, 6.45) is 2.19. The van der Waals surface area contributed by atoms with Gasteiger partial charge in [-0.3, -0.25) is 9.78 Å². The summed E-state index contributed by atoms with van der Waals surface area (Å²) in [4.78, 5) is 25.6. The first kappa shape index (κ1) is 16.4. The molecule has 9 heteroatoms. The lowest BCUT2D eigenvalue weighted by Gasteiger charge is -2.32. The fraction of sp³-hybridized carbons (Fsp3) is 0.467. The van der Waals surface area contributed by atoms with E-state index in [2.05, 4.69) is 15.0 Å². The molecule has 1 aliphatic heterocycles.